The lowest BCUT2D eigenvalue weighted by atomic mass is 9.66. The normalized spacial score (nSPS) is 28.6. The number of nitrogens with zero attached hydrogens (tertiary/aromatic N) is 1. The number of amides is 1. The third-order valence-electron chi connectivity index (χ3n) is 7.52. The molecule has 2 aromatic carbocycles. The second-order valence-corrected chi connectivity index (χ2v) is 9.15. The molecule has 2 aromatic rings. The Morgan fingerprint density at radius 2 is 1.80 bits per heavy atom. The number of carbonyl (C=O) groups is 2. The highest BCUT2D eigenvalue weighted by atomic mass is 16.3. The van der Waals surface area contributed by atoms with E-state index in [4.69, 9.17) is 0 Å². The summed E-state index contributed by atoms with van der Waals surface area (Å²) in [5.41, 5.74) is 2.49. The van der Waals surface area contributed by atoms with Gasteiger partial charge in [0, 0.05) is 36.1 Å². The van der Waals surface area contributed by atoms with Crippen LogP contribution in [0.25, 0.3) is 0 Å². The number of fused-ring (bicyclic) bond motifs is 2. The maximum Gasteiger partial charge on any atom is 0.254 e. The molecule has 0 spiro atoms. The van der Waals surface area contributed by atoms with Gasteiger partial charge in [-0.05, 0) is 55.4 Å². The molecular formula is C26H29NO3. The van der Waals surface area contributed by atoms with Crippen molar-refractivity contribution < 1.29 is 14.7 Å². The fourth-order valence-corrected chi connectivity index (χ4v) is 5.95. The van der Waals surface area contributed by atoms with Gasteiger partial charge in [0.15, 0.2) is 5.78 Å². The maximum absolute atomic E-state index is 13.5. The first kappa shape index (κ1) is 19.5. The molecule has 4 nitrogen and oxygen atoms in total. The first-order valence-electron chi connectivity index (χ1n) is 11.3. The van der Waals surface area contributed by atoms with Gasteiger partial charge in [-0.3, -0.25) is 9.59 Å². The topological polar surface area (TPSA) is 57.6 Å². The van der Waals surface area contributed by atoms with E-state index in [1.807, 2.05) is 53.4 Å². The van der Waals surface area contributed by atoms with E-state index in [1.165, 1.54) is 0 Å². The maximum atomic E-state index is 13.5. The number of Topliss-reactive ketones (excluding diaryl/α,β-unsaturated/α-hetero) is 1. The Morgan fingerprint density at radius 3 is 2.63 bits per heavy atom. The Balaban J connectivity index is 1.45. The number of hydrogen-bond donors (Lipinski definition) is 1. The van der Waals surface area contributed by atoms with Crippen LogP contribution < -0.4 is 0 Å². The van der Waals surface area contributed by atoms with E-state index < -0.39 is 5.60 Å². The van der Waals surface area contributed by atoms with Crippen molar-refractivity contribution in [3.8, 4) is 0 Å². The zero-order chi connectivity index (χ0) is 20.7. The number of rotatable bonds is 2. The largest absolute Gasteiger partial charge is 0.385 e. The average Bonchev–Trinajstić information content (AvgIpc) is 2.80. The molecule has 2 fully saturated rings. The van der Waals surface area contributed by atoms with Gasteiger partial charge in [0.05, 0.1) is 5.60 Å². The van der Waals surface area contributed by atoms with E-state index in [9.17, 15) is 14.7 Å². The van der Waals surface area contributed by atoms with E-state index in [-0.39, 0.29) is 23.7 Å². The highest BCUT2D eigenvalue weighted by molar-refractivity contribution is 6.02. The van der Waals surface area contributed by atoms with E-state index >= 15 is 0 Å². The van der Waals surface area contributed by atoms with Crippen LogP contribution in [0.2, 0.25) is 0 Å². The molecule has 0 aromatic heterocycles. The van der Waals surface area contributed by atoms with E-state index in [0.717, 1.165) is 55.2 Å². The minimum absolute atomic E-state index is 0.00295. The van der Waals surface area contributed by atoms with Crippen LogP contribution in [0.3, 0.4) is 0 Å². The highest BCUT2D eigenvalue weighted by Crippen LogP contribution is 2.47. The minimum atomic E-state index is -0.880. The summed E-state index contributed by atoms with van der Waals surface area (Å²) in [6, 6.07) is 15.7. The smallest absolute Gasteiger partial charge is 0.254 e. The van der Waals surface area contributed by atoms with Gasteiger partial charge in [0.2, 0.25) is 0 Å². The Morgan fingerprint density at radius 1 is 1.00 bits per heavy atom. The number of likely N-dealkylation sites (tertiary alicyclic amines) is 1. The molecule has 3 atom stereocenters. The quantitative estimate of drug-likeness (QED) is 0.803. The first-order valence-corrected chi connectivity index (χ1v) is 11.3. The lowest BCUT2D eigenvalue weighted by Crippen LogP contribution is -2.59. The van der Waals surface area contributed by atoms with Crippen LogP contribution >= 0.6 is 0 Å². The third-order valence-corrected chi connectivity index (χ3v) is 7.52. The van der Waals surface area contributed by atoms with Crippen molar-refractivity contribution >= 4 is 11.7 Å². The van der Waals surface area contributed by atoms with Gasteiger partial charge < -0.3 is 10.0 Å². The summed E-state index contributed by atoms with van der Waals surface area (Å²) in [5, 5.41) is 11.7. The summed E-state index contributed by atoms with van der Waals surface area (Å²) >= 11 is 0. The zero-order valence-electron chi connectivity index (χ0n) is 17.3. The Kier molecular flexibility index (Phi) is 4.98. The Bertz CT molecular complexity index is 969. The van der Waals surface area contributed by atoms with Crippen LogP contribution in [0, 0.1) is 5.92 Å². The van der Waals surface area contributed by atoms with Crippen molar-refractivity contribution in [2.45, 2.75) is 63.0 Å². The van der Waals surface area contributed by atoms with Crippen LogP contribution in [0.15, 0.2) is 48.5 Å². The Hall–Kier alpha value is -2.46. The Labute approximate surface area is 177 Å². The van der Waals surface area contributed by atoms with Crippen LogP contribution in [0.1, 0.15) is 76.8 Å². The van der Waals surface area contributed by atoms with Gasteiger partial charge in [-0.25, -0.2) is 0 Å². The molecule has 5 rings (SSSR count). The van der Waals surface area contributed by atoms with Crippen molar-refractivity contribution in [3.63, 3.8) is 0 Å². The predicted molar refractivity (Wildman–Crippen MR) is 115 cm³/mol. The van der Waals surface area contributed by atoms with E-state index in [1.54, 1.807) is 0 Å². The summed E-state index contributed by atoms with van der Waals surface area (Å²) < 4.78 is 0. The van der Waals surface area contributed by atoms with Gasteiger partial charge in [-0.2, -0.15) is 0 Å². The third kappa shape index (κ3) is 3.18. The molecule has 1 N–H and O–H groups in total. The summed E-state index contributed by atoms with van der Waals surface area (Å²) in [5.74, 6) is 0.201. The summed E-state index contributed by atoms with van der Waals surface area (Å²) in [7, 11) is 0. The predicted octanol–water partition coefficient (Wildman–Crippen LogP) is 4.50. The molecule has 156 valence electrons. The lowest BCUT2D eigenvalue weighted by molar-refractivity contribution is -0.110. The van der Waals surface area contributed by atoms with E-state index in [2.05, 4.69) is 0 Å². The van der Waals surface area contributed by atoms with Crippen LogP contribution in [0.5, 0.6) is 0 Å². The summed E-state index contributed by atoms with van der Waals surface area (Å²) in [6.45, 7) is 0.538. The molecule has 30 heavy (non-hydrogen) atoms. The average molecular weight is 404 g/mol. The fraction of sp³-hybridized carbons (Fsp3) is 0.462. The second kappa shape index (κ2) is 7.66. The number of aryl methyl sites for hydroxylation is 1. The molecule has 2 aliphatic carbocycles. The summed E-state index contributed by atoms with van der Waals surface area (Å²) in [6.07, 6.45) is 6.96. The highest BCUT2D eigenvalue weighted by Gasteiger charge is 2.50. The minimum Gasteiger partial charge on any atom is -0.385 e. The van der Waals surface area contributed by atoms with Crippen molar-refractivity contribution in [1.29, 1.82) is 0 Å². The molecule has 0 radical (unpaired) electrons. The molecular weight excluding hydrogens is 374 g/mol. The van der Waals surface area contributed by atoms with Crippen molar-refractivity contribution in [2.24, 2.45) is 5.92 Å². The molecule has 1 aliphatic heterocycles. The first-order chi connectivity index (χ1) is 14.6. The van der Waals surface area contributed by atoms with Crippen LogP contribution in [-0.4, -0.2) is 34.3 Å². The van der Waals surface area contributed by atoms with Gasteiger partial charge in [-0.1, -0.05) is 49.2 Å². The van der Waals surface area contributed by atoms with E-state index in [0.29, 0.717) is 24.9 Å². The van der Waals surface area contributed by atoms with Gasteiger partial charge in [0.1, 0.15) is 0 Å². The van der Waals surface area contributed by atoms with Gasteiger partial charge in [-0.15, -0.1) is 0 Å². The lowest BCUT2D eigenvalue weighted by Gasteiger charge is -2.52. The number of piperidine rings is 1. The molecule has 1 unspecified atom stereocenters. The van der Waals surface area contributed by atoms with Gasteiger partial charge in [0.25, 0.3) is 5.91 Å². The van der Waals surface area contributed by atoms with Crippen LogP contribution in [-0.2, 0) is 12.0 Å². The van der Waals surface area contributed by atoms with Gasteiger partial charge >= 0.3 is 0 Å². The molecule has 1 amide bonds. The number of aliphatic hydroxyl groups is 1. The molecule has 1 saturated heterocycles. The molecule has 4 heteroatoms. The molecule has 3 aliphatic rings. The second-order valence-electron chi connectivity index (χ2n) is 9.15. The number of benzene rings is 2. The van der Waals surface area contributed by atoms with Crippen molar-refractivity contribution in [2.75, 3.05) is 6.54 Å². The fourth-order valence-electron chi connectivity index (χ4n) is 5.95. The number of carbonyl (C=O) groups excluding carboxylic acids is 2. The number of ketones is 1. The standard InChI is InChI=1S/C26H29NO3/c28-24-12-6-7-18-13-14-19(17-21(18)24)25(29)27-16-15-26(30,20-8-2-1-3-9-20)22-10-4-5-11-23(22)27/h1-3,8-9,13-14,17,22-23,30H,4-7,10-12,15-16H2/t22-,23-,26?/m0/s1. The SMILES string of the molecule is O=C1CCCc2ccc(C(=O)N3CCC(O)(c4ccccc4)[C@H]4CCCC[C@@H]43)cc21. The molecule has 1 heterocycles. The molecule has 1 saturated carbocycles. The van der Waals surface area contributed by atoms with Crippen LogP contribution in [0.4, 0.5) is 0 Å². The van der Waals surface area contributed by atoms with Crippen molar-refractivity contribution in [1.82, 2.24) is 4.90 Å². The van der Waals surface area contributed by atoms with Crippen molar-refractivity contribution in [3.05, 3.63) is 70.8 Å². The summed E-state index contributed by atoms with van der Waals surface area (Å²) in [4.78, 5) is 27.9. The number of hydrogen-bond acceptors (Lipinski definition) is 3. The monoisotopic (exact) mass is 403 g/mol. The zero-order valence-corrected chi connectivity index (χ0v) is 17.3. The molecule has 0 bridgehead atoms.